The van der Waals surface area contributed by atoms with E-state index in [0.29, 0.717) is 11.8 Å². The zero-order valence-electron chi connectivity index (χ0n) is 13.7. The van der Waals surface area contributed by atoms with Gasteiger partial charge in [-0.15, -0.1) is 0 Å². The van der Waals surface area contributed by atoms with E-state index in [0.717, 1.165) is 35.1 Å². The highest BCUT2D eigenvalue weighted by molar-refractivity contribution is 5.88. The molecular weight excluding hydrogens is 290 g/mol. The fraction of sp³-hybridized carbons (Fsp3) is 0.526. The van der Waals surface area contributed by atoms with Crippen molar-refractivity contribution in [2.24, 2.45) is 5.92 Å². The molecule has 5 rings (SSSR count). The van der Waals surface area contributed by atoms with E-state index in [4.69, 9.17) is 14.5 Å². The zero-order valence-corrected chi connectivity index (χ0v) is 13.7. The number of nitrogens with zero attached hydrogens (tertiary/aromatic N) is 1. The largest absolute Gasteiger partial charge is 0.486 e. The number of pyridine rings is 1. The maximum atomic E-state index is 10.9. The predicted octanol–water partition coefficient (Wildman–Crippen LogP) is 3.41. The number of hydrogen-bond acceptors (Lipinski definition) is 4. The molecule has 0 spiro atoms. The molecule has 1 N–H and O–H groups in total. The van der Waals surface area contributed by atoms with Gasteiger partial charge in [0.25, 0.3) is 0 Å². The van der Waals surface area contributed by atoms with Gasteiger partial charge in [-0.2, -0.15) is 0 Å². The lowest BCUT2D eigenvalue weighted by atomic mass is 9.62. The van der Waals surface area contributed by atoms with E-state index in [1.165, 1.54) is 0 Å². The number of ether oxygens (including phenoxy) is 2. The monoisotopic (exact) mass is 311 g/mol. The van der Waals surface area contributed by atoms with Crippen LogP contribution in [0.3, 0.4) is 0 Å². The number of aliphatic hydroxyl groups is 1. The molecule has 4 unspecified atom stereocenters. The van der Waals surface area contributed by atoms with Crippen molar-refractivity contribution in [3.63, 3.8) is 0 Å². The Bertz CT molecular complexity index is 827. The summed E-state index contributed by atoms with van der Waals surface area (Å²) < 4.78 is 12.7. The minimum absolute atomic E-state index is 0.157. The second kappa shape index (κ2) is 3.99. The number of hydrogen-bond donors (Lipinski definition) is 1. The van der Waals surface area contributed by atoms with Gasteiger partial charge in [-0.3, -0.25) is 0 Å². The highest BCUT2D eigenvalue weighted by atomic mass is 16.5. The maximum absolute atomic E-state index is 10.9. The van der Waals surface area contributed by atoms with Crippen molar-refractivity contribution < 1.29 is 14.6 Å². The summed E-state index contributed by atoms with van der Waals surface area (Å²) in [6.45, 7) is 6.21. The topological polar surface area (TPSA) is 51.6 Å². The maximum Gasteiger partial charge on any atom is 0.221 e. The summed E-state index contributed by atoms with van der Waals surface area (Å²) in [5, 5.41) is 11.9. The fourth-order valence-electron chi connectivity index (χ4n) is 4.83. The lowest BCUT2D eigenvalue weighted by molar-refractivity contribution is -0.119. The summed E-state index contributed by atoms with van der Waals surface area (Å²) in [5.41, 5.74) is 0.854. The Hall–Kier alpha value is -1.81. The van der Waals surface area contributed by atoms with Crippen molar-refractivity contribution in [3.8, 4) is 11.6 Å². The van der Waals surface area contributed by atoms with Crippen LogP contribution >= 0.6 is 0 Å². The highest BCUT2D eigenvalue weighted by Gasteiger charge is 2.60. The number of aromatic nitrogens is 1. The average Bonchev–Trinajstić information content (AvgIpc) is 2.87. The van der Waals surface area contributed by atoms with Crippen molar-refractivity contribution in [2.45, 2.75) is 56.8 Å². The molecule has 1 fully saturated rings. The standard InChI is InChI=1S/C19H21NO3/c1-18(2)11-8-9-19(3,21)16-13(11)14-15(23-18)10-6-4-5-7-12(10)20-17(14)22-16/h4-7,11,13,16,21H,8-9H2,1-3H3. The smallest absolute Gasteiger partial charge is 0.221 e. The first-order valence-electron chi connectivity index (χ1n) is 8.39. The molecule has 1 aromatic carbocycles. The van der Waals surface area contributed by atoms with Gasteiger partial charge in [0.05, 0.1) is 16.7 Å². The van der Waals surface area contributed by atoms with Crippen molar-refractivity contribution in [3.05, 3.63) is 29.8 Å². The number of para-hydroxylation sites is 1. The van der Waals surface area contributed by atoms with Crippen molar-refractivity contribution in [1.82, 2.24) is 4.98 Å². The molecule has 1 saturated carbocycles. The molecule has 4 heteroatoms. The molecule has 1 aliphatic carbocycles. The van der Waals surface area contributed by atoms with E-state index < -0.39 is 5.60 Å². The van der Waals surface area contributed by atoms with Crippen LogP contribution in [-0.4, -0.2) is 27.4 Å². The first kappa shape index (κ1) is 13.6. The normalized spacial score (nSPS) is 36.3. The summed E-state index contributed by atoms with van der Waals surface area (Å²) in [6, 6.07) is 8.03. The summed E-state index contributed by atoms with van der Waals surface area (Å²) in [4.78, 5) is 4.71. The molecule has 3 aliphatic rings. The number of fused-ring (bicyclic) bond motifs is 2. The lowest BCUT2D eigenvalue weighted by Gasteiger charge is -2.50. The quantitative estimate of drug-likeness (QED) is 0.810. The van der Waals surface area contributed by atoms with Gasteiger partial charge < -0.3 is 14.6 Å². The molecular formula is C19H21NO3. The van der Waals surface area contributed by atoms with Crippen LogP contribution in [0.1, 0.15) is 45.1 Å². The van der Waals surface area contributed by atoms with Crippen LogP contribution in [0, 0.1) is 5.92 Å². The first-order valence-corrected chi connectivity index (χ1v) is 8.39. The van der Waals surface area contributed by atoms with E-state index in [-0.39, 0.29) is 17.6 Å². The molecule has 4 nitrogen and oxygen atoms in total. The molecule has 120 valence electrons. The van der Waals surface area contributed by atoms with Gasteiger partial charge >= 0.3 is 0 Å². The third kappa shape index (κ3) is 1.62. The van der Waals surface area contributed by atoms with Crippen LogP contribution in [0.25, 0.3) is 10.9 Å². The molecule has 2 aliphatic heterocycles. The van der Waals surface area contributed by atoms with Gasteiger partial charge in [0.2, 0.25) is 5.88 Å². The van der Waals surface area contributed by atoms with Crippen LogP contribution in [-0.2, 0) is 0 Å². The molecule has 0 radical (unpaired) electrons. The SMILES string of the molecule is CC1(O)CCC2C3c4c(nc5ccccc5c4OC2(C)C)OC31. The molecule has 2 aromatic rings. The Kier molecular flexibility index (Phi) is 2.36. The third-order valence-electron chi connectivity index (χ3n) is 6.01. The molecule has 23 heavy (non-hydrogen) atoms. The van der Waals surface area contributed by atoms with Gasteiger partial charge in [-0.1, -0.05) is 12.1 Å². The van der Waals surface area contributed by atoms with Gasteiger partial charge in [0, 0.05) is 17.2 Å². The van der Waals surface area contributed by atoms with Crippen LogP contribution < -0.4 is 9.47 Å². The molecule has 0 amide bonds. The van der Waals surface area contributed by atoms with Crippen LogP contribution in [0.4, 0.5) is 0 Å². The van der Waals surface area contributed by atoms with E-state index in [1.54, 1.807) is 0 Å². The fourth-order valence-corrected chi connectivity index (χ4v) is 4.83. The summed E-state index contributed by atoms with van der Waals surface area (Å²) in [5.74, 6) is 2.04. The van der Waals surface area contributed by atoms with Crippen molar-refractivity contribution in [2.75, 3.05) is 0 Å². The summed E-state index contributed by atoms with van der Waals surface area (Å²) >= 11 is 0. The van der Waals surface area contributed by atoms with Gasteiger partial charge in [-0.05, 0) is 45.7 Å². The minimum Gasteiger partial charge on any atom is -0.486 e. The Balaban J connectivity index is 1.83. The highest BCUT2D eigenvalue weighted by Crippen LogP contribution is 2.61. The lowest BCUT2D eigenvalue weighted by Crippen LogP contribution is -2.56. The predicted molar refractivity (Wildman–Crippen MR) is 87.0 cm³/mol. The molecule has 0 saturated heterocycles. The van der Waals surface area contributed by atoms with Crippen LogP contribution in [0.2, 0.25) is 0 Å². The van der Waals surface area contributed by atoms with E-state index in [9.17, 15) is 5.11 Å². The van der Waals surface area contributed by atoms with Crippen molar-refractivity contribution >= 4 is 10.9 Å². The Morgan fingerprint density at radius 3 is 2.83 bits per heavy atom. The zero-order chi connectivity index (χ0) is 16.0. The Morgan fingerprint density at radius 2 is 2.00 bits per heavy atom. The second-order valence-corrected chi connectivity index (χ2v) is 7.95. The van der Waals surface area contributed by atoms with Gasteiger partial charge in [-0.25, -0.2) is 4.98 Å². The van der Waals surface area contributed by atoms with E-state index in [1.807, 2.05) is 25.1 Å². The second-order valence-electron chi connectivity index (χ2n) is 7.95. The van der Waals surface area contributed by atoms with Gasteiger partial charge in [0.15, 0.2) is 0 Å². The van der Waals surface area contributed by atoms with E-state index in [2.05, 4.69) is 19.9 Å². The van der Waals surface area contributed by atoms with Crippen molar-refractivity contribution in [1.29, 1.82) is 0 Å². The number of benzene rings is 1. The Labute approximate surface area is 135 Å². The summed E-state index contributed by atoms with van der Waals surface area (Å²) in [6.07, 6.45) is 1.44. The van der Waals surface area contributed by atoms with Crippen LogP contribution in [0.5, 0.6) is 11.6 Å². The average molecular weight is 311 g/mol. The minimum atomic E-state index is -0.821. The first-order chi connectivity index (χ1) is 10.9. The Morgan fingerprint density at radius 1 is 1.22 bits per heavy atom. The van der Waals surface area contributed by atoms with E-state index >= 15 is 0 Å². The third-order valence-corrected chi connectivity index (χ3v) is 6.01. The molecule has 4 atom stereocenters. The van der Waals surface area contributed by atoms with Gasteiger partial charge in [0.1, 0.15) is 17.5 Å². The summed E-state index contributed by atoms with van der Waals surface area (Å²) in [7, 11) is 0. The number of rotatable bonds is 0. The molecule has 3 heterocycles. The molecule has 0 bridgehead atoms. The molecule has 1 aromatic heterocycles. The van der Waals surface area contributed by atoms with Crippen LogP contribution in [0.15, 0.2) is 24.3 Å².